The van der Waals surface area contributed by atoms with Crippen LogP contribution in [0, 0.1) is 6.92 Å². The van der Waals surface area contributed by atoms with Crippen molar-refractivity contribution >= 4 is 23.4 Å². The number of hydrogen-bond acceptors (Lipinski definition) is 3. The standard InChI is InChI=1S/C22H24F3N3O3/c1-3-11-28(21(31)16-5-4-6-17(12-16)22(23,24)25)14-20(30)26-13-19(29)27-18-9-7-15(2)8-10-18/h4-10,12H,3,11,13-14H2,1-2H3,(H,26,30)(H,27,29). The van der Waals surface area contributed by atoms with Gasteiger partial charge in [0.05, 0.1) is 18.7 Å². The Morgan fingerprint density at radius 3 is 2.29 bits per heavy atom. The molecule has 0 fully saturated rings. The Kier molecular flexibility index (Phi) is 8.18. The predicted octanol–water partition coefficient (Wildman–Crippen LogP) is 3.62. The molecule has 3 amide bonds. The molecule has 0 spiro atoms. The summed E-state index contributed by atoms with van der Waals surface area (Å²) in [5.74, 6) is -1.72. The van der Waals surface area contributed by atoms with E-state index in [-0.39, 0.29) is 25.2 Å². The fourth-order valence-corrected chi connectivity index (χ4v) is 2.78. The molecule has 2 rings (SSSR count). The molecule has 2 aromatic rings. The third-order valence-corrected chi connectivity index (χ3v) is 4.33. The molecule has 0 atom stereocenters. The minimum Gasteiger partial charge on any atom is -0.345 e. The van der Waals surface area contributed by atoms with E-state index in [4.69, 9.17) is 0 Å². The Labute approximate surface area is 178 Å². The SMILES string of the molecule is CCCN(CC(=O)NCC(=O)Nc1ccc(C)cc1)C(=O)c1cccc(C(F)(F)F)c1. The molecular formula is C22H24F3N3O3. The van der Waals surface area contributed by atoms with Gasteiger partial charge in [-0.15, -0.1) is 0 Å². The van der Waals surface area contributed by atoms with E-state index in [0.717, 1.165) is 28.7 Å². The first-order valence-electron chi connectivity index (χ1n) is 9.70. The van der Waals surface area contributed by atoms with Crippen LogP contribution in [0.15, 0.2) is 48.5 Å². The van der Waals surface area contributed by atoms with Gasteiger partial charge >= 0.3 is 6.18 Å². The smallest absolute Gasteiger partial charge is 0.345 e. The van der Waals surface area contributed by atoms with Crippen LogP contribution in [0.4, 0.5) is 18.9 Å². The van der Waals surface area contributed by atoms with E-state index in [1.165, 1.54) is 6.07 Å². The first-order chi connectivity index (χ1) is 14.6. The zero-order valence-electron chi connectivity index (χ0n) is 17.3. The highest BCUT2D eigenvalue weighted by atomic mass is 19.4. The number of rotatable bonds is 8. The number of anilines is 1. The summed E-state index contributed by atoms with van der Waals surface area (Å²) < 4.78 is 38.7. The van der Waals surface area contributed by atoms with Crippen LogP contribution < -0.4 is 10.6 Å². The Morgan fingerprint density at radius 1 is 1.00 bits per heavy atom. The van der Waals surface area contributed by atoms with Gasteiger partial charge in [-0.25, -0.2) is 0 Å². The molecule has 9 heteroatoms. The summed E-state index contributed by atoms with van der Waals surface area (Å²) in [7, 11) is 0. The molecule has 166 valence electrons. The van der Waals surface area contributed by atoms with Crippen LogP contribution in [0.5, 0.6) is 0 Å². The number of hydrogen-bond donors (Lipinski definition) is 2. The van der Waals surface area contributed by atoms with Crippen LogP contribution in [0.25, 0.3) is 0 Å². The third-order valence-electron chi connectivity index (χ3n) is 4.33. The molecule has 31 heavy (non-hydrogen) atoms. The van der Waals surface area contributed by atoms with E-state index >= 15 is 0 Å². The number of alkyl halides is 3. The van der Waals surface area contributed by atoms with Crippen molar-refractivity contribution in [2.24, 2.45) is 0 Å². The van der Waals surface area contributed by atoms with E-state index in [1.54, 1.807) is 19.1 Å². The predicted molar refractivity (Wildman–Crippen MR) is 110 cm³/mol. The summed E-state index contributed by atoms with van der Waals surface area (Å²) in [6.07, 6.45) is -4.07. The van der Waals surface area contributed by atoms with Crippen LogP contribution >= 0.6 is 0 Å². The normalized spacial score (nSPS) is 11.0. The van der Waals surface area contributed by atoms with Gasteiger partial charge in [-0.1, -0.05) is 30.7 Å². The van der Waals surface area contributed by atoms with Crippen LogP contribution in [0.2, 0.25) is 0 Å². The first kappa shape index (κ1) is 23.9. The zero-order chi connectivity index (χ0) is 23.0. The van der Waals surface area contributed by atoms with Gasteiger partial charge in [-0.05, 0) is 43.7 Å². The maximum absolute atomic E-state index is 12.9. The second-order valence-corrected chi connectivity index (χ2v) is 7.00. The molecule has 0 saturated carbocycles. The minimum atomic E-state index is -4.58. The van der Waals surface area contributed by atoms with Crippen molar-refractivity contribution in [2.45, 2.75) is 26.4 Å². The molecule has 0 aromatic heterocycles. The Hall–Kier alpha value is -3.36. The largest absolute Gasteiger partial charge is 0.416 e. The van der Waals surface area contributed by atoms with Crippen molar-refractivity contribution in [2.75, 3.05) is 25.0 Å². The number of benzene rings is 2. The molecule has 0 saturated heterocycles. The van der Waals surface area contributed by atoms with Crippen molar-refractivity contribution in [1.29, 1.82) is 0 Å². The van der Waals surface area contributed by atoms with Crippen LogP contribution in [0.3, 0.4) is 0 Å². The van der Waals surface area contributed by atoms with E-state index < -0.39 is 29.5 Å². The number of nitrogens with one attached hydrogen (secondary N) is 2. The van der Waals surface area contributed by atoms with Crippen LogP contribution in [-0.4, -0.2) is 42.3 Å². The maximum Gasteiger partial charge on any atom is 0.416 e. The van der Waals surface area contributed by atoms with Gasteiger partial charge in [0.25, 0.3) is 5.91 Å². The van der Waals surface area contributed by atoms with Crippen LogP contribution in [-0.2, 0) is 15.8 Å². The van der Waals surface area contributed by atoms with Crippen molar-refractivity contribution < 1.29 is 27.6 Å². The van der Waals surface area contributed by atoms with E-state index in [0.29, 0.717) is 12.1 Å². The van der Waals surface area contributed by atoms with E-state index in [9.17, 15) is 27.6 Å². The van der Waals surface area contributed by atoms with Crippen molar-refractivity contribution in [3.63, 3.8) is 0 Å². The average Bonchev–Trinajstić information content (AvgIpc) is 2.72. The lowest BCUT2D eigenvalue weighted by Crippen LogP contribution is -2.43. The van der Waals surface area contributed by atoms with Gasteiger partial charge in [0, 0.05) is 17.8 Å². The van der Waals surface area contributed by atoms with E-state index in [1.807, 2.05) is 19.1 Å². The average molecular weight is 435 g/mol. The highest BCUT2D eigenvalue weighted by Crippen LogP contribution is 2.29. The van der Waals surface area contributed by atoms with Crippen molar-refractivity contribution in [1.82, 2.24) is 10.2 Å². The Bertz CT molecular complexity index is 928. The number of amides is 3. The van der Waals surface area contributed by atoms with Crippen molar-refractivity contribution in [3.8, 4) is 0 Å². The molecular weight excluding hydrogens is 411 g/mol. The number of nitrogens with zero attached hydrogens (tertiary/aromatic N) is 1. The summed E-state index contributed by atoms with van der Waals surface area (Å²) in [6, 6.07) is 11.2. The number of carbonyl (C=O) groups excluding carboxylic acids is 3. The monoisotopic (exact) mass is 435 g/mol. The van der Waals surface area contributed by atoms with Gasteiger partial charge in [0.2, 0.25) is 11.8 Å². The molecule has 6 nitrogen and oxygen atoms in total. The Morgan fingerprint density at radius 2 is 1.68 bits per heavy atom. The number of aryl methyl sites for hydroxylation is 1. The van der Waals surface area contributed by atoms with Gasteiger partial charge in [-0.2, -0.15) is 13.2 Å². The maximum atomic E-state index is 12.9. The molecule has 0 aliphatic carbocycles. The minimum absolute atomic E-state index is 0.159. The molecule has 0 unspecified atom stereocenters. The van der Waals surface area contributed by atoms with Gasteiger partial charge in [-0.3, -0.25) is 14.4 Å². The zero-order valence-corrected chi connectivity index (χ0v) is 17.3. The molecule has 0 heterocycles. The lowest BCUT2D eigenvalue weighted by atomic mass is 10.1. The Balaban J connectivity index is 1.95. The van der Waals surface area contributed by atoms with E-state index in [2.05, 4.69) is 10.6 Å². The molecule has 2 N–H and O–H groups in total. The number of carbonyl (C=O) groups is 3. The van der Waals surface area contributed by atoms with Gasteiger partial charge < -0.3 is 15.5 Å². The first-order valence-corrected chi connectivity index (χ1v) is 9.70. The molecule has 0 radical (unpaired) electrons. The fraction of sp³-hybridized carbons (Fsp3) is 0.318. The lowest BCUT2D eigenvalue weighted by Gasteiger charge is -2.22. The molecule has 0 aliphatic heterocycles. The number of halogens is 3. The highest BCUT2D eigenvalue weighted by Gasteiger charge is 2.31. The molecule has 0 aliphatic rings. The second kappa shape index (κ2) is 10.6. The summed E-state index contributed by atoms with van der Waals surface area (Å²) in [5.41, 5.74) is 0.519. The summed E-state index contributed by atoms with van der Waals surface area (Å²) in [4.78, 5) is 38.0. The summed E-state index contributed by atoms with van der Waals surface area (Å²) in [6.45, 7) is 3.19. The highest BCUT2D eigenvalue weighted by molar-refractivity contribution is 5.98. The molecule has 2 aromatic carbocycles. The fourth-order valence-electron chi connectivity index (χ4n) is 2.78. The van der Waals surface area contributed by atoms with Crippen LogP contribution in [0.1, 0.15) is 34.8 Å². The second-order valence-electron chi connectivity index (χ2n) is 7.00. The third kappa shape index (κ3) is 7.44. The summed E-state index contributed by atoms with van der Waals surface area (Å²) >= 11 is 0. The summed E-state index contributed by atoms with van der Waals surface area (Å²) in [5, 5.41) is 5.05. The quantitative estimate of drug-likeness (QED) is 0.665. The van der Waals surface area contributed by atoms with Crippen molar-refractivity contribution in [3.05, 3.63) is 65.2 Å². The molecule has 0 bridgehead atoms. The van der Waals surface area contributed by atoms with Gasteiger partial charge in [0.15, 0.2) is 0 Å². The lowest BCUT2D eigenvalue weighted by molar-refractivity contribution is -0.137. The topological polar surface area (TPSA) is 78.5 Å². The van der Waals surface area contributed by atoms with Gasteiger partial charge in [0.1, 0.15) is 0 Å².